The summed E-state index contributed by atoms with van der Waals surface area (Å²) in [5.74, 6) is 0. The van der Waals surface area contributed by atoms with Gasteiger partial charge in [-0.1, -0.05) is 78.9 Å². The fourth-order valence-electron chi connectivity index (χ4n) is 3.89. The van der Waals surface area contributed by atoms with Crippen molar-refractivity contribution < 1.29 is 0 Å². The lowest BCUT2D eigenvalue weighted by atomic mass is 10.0. The van der Waals surface area contributed by atoms with Crippen molar-refractivity contribution in [2.24, 2.45) is 0 Å². The van der Waals surface area contributed by atoms with Crippen molar-refractivity contribution in [2.75, 3.05) is 4.90 Å². The standard InChI is InChI=1S/C23H21NO/c25-23-15-9-3-8-14-22(23)24-20(18-10-4-1-5-11-18)16-17-21(24)19-12-6-2-7-13-19/h1-15,20-21H,16-17H2/t20-,21-/m0/s1. The summed E-state index contributed by atoms with van der Waals surface area (Å²) >= 11 is 0. The van der Waals surface area contributed by atoms with Crippen molar-refractivity contribution in [2.45, 2.75) is 24.9 Å². The van der Waals surface area contributed by atoms with E-state index in [0.29, 0.717) is 0 Å². The van der Waals surface area contributed by atoms with Gasteiger partial charge in [-0.05, 0) is 36.1 Å². The van der Waals surface area contributed by atoms with Gasteiger partial charge in [-0.3, -0.25) is 4.79 Å². The maximum Gasteiger partial charge on any atom is 0.201 e. The van der Waals surface area contributed by atoms with Crippen LogP contribution < -0.4 is 10.3 Å². The van der Waals surface area contributed by atoms with Crippen molar-refractivity contribution in [3.8, 4) is 0 Å². The molecule has 25 heavy (non-hydrogen) atoms. The Kier molecular flexibility index (Phi) is 4.34. The van der Waals surface area contributed by atoms with E-state index in [-0.39, 0.29) is 17.5 Å². The molecule has 0 unspecified atom stereocenters. The highest BCUT2D eigenvalue weighted by Gasteiger charge is 2.36. The van der Waals surface area contributed by atoms with Crippen LogP contribution in [0.4, 0.5) is 5.69 Å². The highest BCUT2D eigenvalue weighted by atomic mass is 16.1. The molecular formula is C23H21NO. The Morgan fingerprint density at radius 2 is 1.04 bits per heavy atom. The minimum atomic E-state index is 0.0776. The first-order valence-electron chi connectivity index (χ1n) is 8.82. The highest BCUT2D eigenvalue weighted by molar-refractivity contribution is 5.52. The molecule has 0 bridgehead atoms. The van der Waals surface area contributed by atoms with Crippen LogP contribution in [-0.2, 0) is 0 Å². The lowest BCUT2D eigenvalue weighted by molar-refractivity contribution is 0.672. The van der Waals surface area contributed by atoms with E-state index in [1.807, 2.05) is 36.4 Å². The Bertz CT molecular complexity index is 845. The molecule has 0 aromatic heterocycles. The van der Waals surface area contributed by atoms with Gasteiger partial charge in [0.25, 0.3) is 0 Å². The van der Waals surface area contributed by atoms with Gasteiger partial charge >= 0.3 is 0 Å². The predicted octanol–water partition coefficient (Wildman–Crippen LogP) is 5.13. The average Bonchev–Trinajstić information content (AvgIpc) is 2.99. The van der Waals surface area contributed by atoms with Crippen LogP contribution in [0.5, 0.6) is 0 Å². The monoisotopic (exact) mass is 327 g/mol. The lowest BCUT2D eigenvalue weighted by Gasteiger charge is -2.32. The largest absolute Gasteiger partial charge is 0.354 e. The Labute approximate surface area is 148 Å². The van der Waals surface area contributed by atoms with E-state index in [9.17, 15) is 4.79 Å². The summed E-state index contributed by atoms with van der Waals surface area (Å²) in [6, 6.07) is 30.8. The average molecular weight is 327 g/mol. The van der Waals surface area contributed by atoms with Crippen molar-refractivity contribution >= 4 is 5.69 Å². The summed E-state index contributed by atoms with van der Waals surface area (Å²) in [4.78, 5) is 15.0. The fourth-order valence-corrected chi connectivity index (χ4v) is 3.89. The maximum atomic E-state index is 12.7. The lowest BCUT2D eigenvalue weighted by Crippen LogP contribution is -2.29. The molecule has 1 heterocycles. The first kappa shape index (κ1) is 15.6. The topological polar surface area (TPSA) is 20.3 Å². The van der Waals surface area contributed by atoms with E-state index < -0.39 is 0 Å². The van der Waals surface area contributed by atoms with Crippen LogP contribution in [0.1, 0.15) is 36.1 Å². The first-order chi connectivity index (χ1) is 12.3. The molecule has 0 spiro atoms. The first-order valence-corrected chi connectivity index (χ1v) is 8.82. The zero-order chi connectivity index (χ0) is 17.1. The second-order valence-corrected chi connectivity index (χ2v) is 6.50. The van der Waals surface area contributed by atoms with E-state index in [2.05, 4.69) is 53.4 Å². The summed E-state index contributed by atoms with van der Waals surface area (Å²) in [6.07, 6.45) is 2.09. The number of nitrogens with zero attached hydrogens (tertiary/aromatic N) is 1. The molecule has 2 heteroatoms. The molecule has 3 aromatic carbocycles. The smallest absolute Gasteiger partial charge is 0.201 e. The van der Waals surface area contributed by atoms with Crippen molar-refractivity contribution in [3.63, 3.8) is 0 Å². The number of rotatable bonds is 3. The molecule has 0 aliphatic carbocycles. The van der Waals surface area contributed by atoms with Gasteiger partial charge in [-0.2, -0.15) is 0 Å². The van der Waals surface area contributed by atoms with Crippen LogP contribution in [0.25, 0.3) is 0 Å². The third-order valence-corrected chi connectivity index (χ3v) is 5.01. The van der Waals surface area contributed by atoms with Crippen LogP contribution in [0.3, 0.4) is 0 Å². The van der Waals surface area contributed by atoms with Crippen LogP contribution in [0, 0.1) is 0 Å². The van der Waals surface area contributed by atoms with Crippen LogP contribution in [0.2, 0.25) is 0 Å². The van der Waals surface area contributed by atoms with Gasteiger partial charge in [0.05, 0.1) is 17.8 Å². The molecular weight excluding hydrogens is 306 g/mol. The molecule has 0 amide bonds. The van der Waals surface area contributed by atoms with E-state index in [1.165, 1.54) is 11.1 Å². The summed E-state index contributed by atoms with van der Waals surface area (Å²) in [6.45, 7) is 0. The van der Waals surface area contributed by atoms with Crippen LogP contribution in [-0.4, -0.2) is 0 Å². The van der Waals surface area contributed by atoms with E-state index in [1.54, 1.807) is 6.07 Å². The Morgan fingerprint density at radius 3 is 1.56 bits per heavy atom. The van der Waals surface area contributed by atoms with Crippen molar-refractivity contribution in [3.05, 3.63) is 112 Å². The second kappa shape index (κ2) is 6.94. The summed E-state index contributed by atoms with van der Waals surface area (Å²) in [5.41, 5.74) is 3.40. The SMILES string of the molecule is O=c1cccccc1N1[C@H](c2ccccc2)CC[C@H]1c1ccccc1. The van der Waals surface area contributed by atoms with Gasteiger partial charge in [-0.15, -0.1) is 0 Å². The molecule has 0 saturated carbocycles. The molecule has 1 aliphatic heterocycles. The number of hydrogen-bond donors (Lipinski definition) is 0. The zero-order valence-electron chi connectivity index (χ0n) is 14.1. The van der Waals surface area contributed by atoms with Gasteiger partial charge in [0, 0.05) is 0 Å². The zero-order valence-corrected chi connectivity index (χ0v) is 14.1. The molecule has 1 fully saturated rings. The van der Waals surface area contributed by atoms with Gasteiger partial charge in [0.2, 0.25) is 5.43 Å². The van der Waals surface area contributed by atoms with Crippen LogP contribution >= 0.6 is 0 Å². The predicted molar refractivity (Wildman–Crippen MR) is 103 cm³/mol. The summed E-state index contributed by atoms with van der Waals surface area (Å²) < 4.78 is 0. The molecule has 1 aliphatic rings. The third-order valence-electron chi connectivity index (χ3n) is 5.01. The minimum absolute atomic E-state index is 0.0776. The quantitative estimate of drug-likeness (QED) is 0.664. The van der Waals surface area contributed by atoms with E-state index >= 15 is 0 Å². The maximum absolute atomic E-state index is 12.7. The molecule has 124 valence electrons. The molecule has 2 atom stereocenters. The van der Waals surface area contributed by atoms with Crippen LogP contribution in [0.15, 0.2) is 95.8 Å². The highest BCUT2D eigenvalue weighted by Crippen LogP contribution is 2.45. The Hall–Kier alpha value is -2.87. The van der Waals surface area contributed by atoms with E-state index in [4.69, 9.17) is 0 Å². The Balaban J connectivity index is 1.85. The second-order valence-electron chi connectivity index (χ2n) is 6.50. The minimum Gasteiger partial charge on any atom is -0.354 e. The molecule has 3 aromatic rings. The van der Waals surface area contributed by atoms with Crippen molar-refractivity contribution in [1.82, 2.24) is 0 Å². The van der Waals surface area contributed by atoms with Crippen molar-refractivity contribution in [1.29, 1.82) is 0 Å². The van der Waals surface area contributed by atoms with E-state index in [0.717, 1.165) is 18.5 Å². The fraction of sp³-hybridized carbons (Fsp3) is 0.174. The molecule has 2 nitrogen and oxygen atoms in total. The molecule has 1 saturated heterocycles. The van der Waals surface area contributed by atoms with Gasteiger partial charge in [0.1, 0.15) is 0 Å². The number of benzene rings is 2. The molecule has 0 radical (unpaired) electrons. The third kappa shape index (κ3) is 3.08. The molecule has 0 N–H and O–H groups in total. The molecule has 4 rings (SSSR count). The summed E-state index contributed by atoms with van der Waals surface area (Å²) in [7, 11) is 0. The number of hydrogen-bond acceptors (Lipinski definition) is 2. The Morgan fingerprint density at radius 1 is 0.600 bits per heavy atom. The summed E-state index contributed by atoms with van der Waals surface area (Å²) in [5, 5.41) is 0. The normalized spacial score (nSPS) is 19.8. The van der Waals surface area contributed by atoms with Gasteiger partial charge in [0.15, 0.2) is 0 Å². The van der Waals surface area contributed by atoms with Gasteiger partial charge in [-0.25, -0.2) is 0 Å². The number of anilines is 1. The van der Waals surface area contributed by atoms with Gasteiger partial charge < -0.3 is 4.90 Å².